The van der Waals surface area contributed by atoms with Crippen molar-refractivity contribution < 1.29 is 75.4 Å². The van der Waals surface area contributed by atoms with E-state index in [1.807, 2.05) is 0 Å². The van der Waals surface area contributed by atoms with Crippen LogP contribution >= 0.6 is 0 Å². The summed E-state index contributed by atoms with van der Waals surface area (Å²) in [5.41, 5.74) is 0. The van der Waals surface area contributed by atoms with Crippen LogP contribution in [0.3, 0.4) is 0 Å². The maximum atomic E-state index is 13.0. The molecule has 2 nitrogen and oxygen atoms in total. The van der Waals surface area contributed by atoms with Gasteiger partial charge in [0, 0.05) is 0 Å². The van der Waals surface area contributed by atoms with E-state index in [0.29, 0.717) is 0 Å². The summed E-state index contributed by atoms with van der Waals surface area (Å²) in [6, 6.07) is 0. The summed E-state index contributed by atoms with van der Waals surface area (Å²) < 4.78 is 184. The first-order valence-corrected chi connectivity index (χ1v) is 5.35. The van der Waals surface area contributed by atoms with Gasteiger partial charge in [-0.1, -0.05) is 0 Å². The smallest absolute Gasteiger partial charge is 0.289 e. The van der Waals surface area contributed by atoms with Crippen LogP contribution in [0.15, 0.2) is 0 Å². The minimum atomic E-state index is -7.47. The third kappa shape index (κ3) is 3.43. The Balaban J connectivity index is 5.99. The molecule has 0 saturated heterocycles. The number of halogens is 15. The van der Waals surface area contributed by atoms with Crippen molar-refractivity contribution in [1.82, 2.24) is 0 Å². The number of rotatable bonds is 6. The van der Waals surface area contributed by atoms with Crippen LogP contribution in [-0.4, -0.2) is 53.8 Å². The SMILES string of the molecule is O=C(C(F)C(=O)C(F)(F)C(F)(F)C(F)(F)F)C(F)(F)C(F)(F)C(F)(F)F. The summed E-state index contributed by atoms with van der Waals surface area (Å²) >= 11 is 0. The molecule has 0 aliphatic rings. The second-order valence-electron chi connectivity index (χ2n) is 4.38. The standard InChI is InChI=1S/C9HF15O2/c10-1(2(25)4(11,12)6(15,16)8(19,20)21)3(26)5(13,14)7(17,18)9(22,23)24/h1H. The van der Waals surface area contributed by atoms with Crippen LogP contribution in [0.4, 0.5) is 65.9 Å². The van der Waals surface area contributed by atoms with E-state index in [4.69, 9.17) is 0 Å². The Morgan fingerprint density at radius 2 is 0.692 bits per heavy atom. The molecular formula is C9HF15O2. The lowest BCUT2D eigenvalue weighted by Crippen LogP contribution is -2.63. The molecule has 0 N–H and O–H groups in total. The van der Waals surface area contributed by atoms with E-state index in [0.717, 1.165) is 0 Å². The Kier molecular flexibility index (Phi) is 5.77. The van der Waals surface area contributed by atoms with Crippen LogP contribution in [0.25, 0.3) is 0 Å². The van der Waals surface area contributed by atoms with Crippen molar-refractivity contribution in [3.63, 3.8) is 0 Å². The van der Waals surface area contributed by atoms with Crippen molar-refractivity contribution in [2.24, 2.45) is 0 Å². The number of hydrogen-bond acceptors (Lipinski definition) is 2. The van der Waals surface area contributed by atoms with Gasteiger partial charge in [-0.25, -0.2) is 4.39 Å². The van der Waals surface area contributed by atoms with E-state index < -0.39 is 53.8 Å². The molecule has 0 aromatic rings. The molecule has 0 atom stereocenters. The van der Waals surface area contributed by atoms with Crippen LogP contribution in [0.2, 0.25) is 0 Å². The first-order valence-electron chi connectivity index (χ1n) is 5.35. The lowest BCUT2D eigenvalue weighted by molar-refractivity contribution is -0.347. The highest BCUT2D eigenvalue weighted by molar-refractivity contribution is 6.11. The second-order valence-corrected chi connectivity index (χ2v) is 4.38. The molecular weight excluding hydrogens is 425 g/mol. The van der Waals surface area contributed by atoms with Gasteiger partial charge in [-0.05, 0) is 0 Å². The number of Topliss-reactive ketones (excluding diaryl/α,β-unsaturated/α-hetero) is 2. The number of alkyl halides is 15. The fourth-order valence-electron chi connectivity index (χ4n) is 1.10. The Morgan fingerprint density at radius 3 is 0.846 bits per heavy atom. The predicted molar refractivity (Wildman–Crippen MR) is 46.8 cm³/mol. The quantitative estimate of drug-likeness (QED) is 0.473. The summed E-state index contributed by atoms with van der Waals surface area (Å²) in [4.78, 5) is 21.1. The van der Waals surface area contributed by atoms with Gasteiger partial charge in [0.15, 0.2) is 0 Å². The van der Waals surface area contributed by atoms with Gasteiger partial charge in [0.25, 0.3) is 0 Å². The van der Waals surface area contributed by atoms with Crippen LogP contribution < -0.4 is 0 Å². The van der Waals surface area contributed by atoms with Gasteiger partial charge in [0.2, 0.25) is 17.7 Å². The van der Waals surface area contributed by atoms with Crippen molar-refractivity contribution >= 4 is 11.6 Å². The molecule has 0 aromatic carbocycles. The highest BCUT2D eigenvalue weighted by atomic mass is 19.4. The summed E-state index contributed by atoms with van der Waals surface area (Å²) in [5, 5.41) is 0. The highest BCUT2D eigenvalue weighted by Crippen LogP contribution is 2.50. The average Bonchev–Trinajstić information content (AvgIpc) is 2.41. The zero-order valence-electron chi connectivity index (χ0n) is 11.1. The van der Waals surface area contributed by atoms with E-state index in [2.05, 4.69) is 0 Å². The Morgan fingerprint density at radius 1 is 0.500 bits per heavy atom. The third-order valence-electron chi connectivity index (χ3n) is 2.58. The molecule has 0 aliphatic carbocycles. The lowest BCUT2D eigenvalue weighted by atomic mass is 9.95. The molecule has 0 aliphatic heterocycles. The molecule has 154 valence electrons. The minimum Gasteiger partial charge on any atom is -0.289 e. The van der Waals surface area contributed by atoms with Gasteiger partial charge >= 0.3 is 36.0 Å². The van der Waals surface area contributed by atoms with Gasteiger partial charge in [0.05, 0.1) is 0 Å². The number of carbonyl (C=O) groups is 2. The molecule has 0 bridgehead atoms. The summed E-state index contributed by atoms with van der Waals surface area (Å²) in [7, 11) is 0. The molecule has 17 heteroatoms. The summed E-state index contributed by atoms with van der Waals surface area (Å²) in [6.07, 6.45) is -20.2. The maximum Gasteiger partial charge on any atom is 0.460 e. The van der Waals surface area contributed by atoms with E-state index in [-0.39, 0.29) is 0 Å². The van der Waals surface area contributed by atoms with Crippen molar-refractivity contribution in [2.75, 3.05) is 0 Å². The van der Waals surface area contributed by atoms with E-state index >= 15 is 0 Å². The van der Waals surface area contributed by atoms with Crippen molar-refractivity contribution in [2.45, 2.75) is 42.2 Å². The number of carbonyl (C=O) groups excluding carboxylic acids is 2. The van der Waals surface area contributed by atoms with Gasteiger partial charge in [-0.3, -0.25) is 9.59 Å². The number of ketones is 2. The molecule has 0 rings (SSSR count). The lowest BCUT2D eigenvalue weighted by Gasteiger charge is -2.30. The highest BCUT2D eigenvalue weighted by Gasteiger charge is 2.80. The third-order valence-corrected chi connectivity index (χ3v) is 2.58. The minimum absolute atomic E-state index is 4.59. The molecule has 0 fully saturated rings. The Labute approximate surface area is 130 Å². The molecule has 0 saturated carbocycles. The normalized spacial score (nSPS) is 15.4. The second kappa shape index (κ2) is 6.17. The van der Waals surface area contributed by atoms with Crippen molar-refractivity contribution in [3.8, 4) is 0 Å². The number of hydrogen-bond donors (Lipinski definition) is 0. The Bertz CT molecular complexity index is 519. The van der Waals surface area contributed by atoms with E-state index in [9.17, 15) is 75.4 Å². The molecule has 0 heterocycles. The summed E-state index contributed by atoms with van der Waals surface area (Å²) in [5.74, 6) is -38.7. The van der Waals surface area contributed by atoms with Crippen LogP contribution in [0, 0.1) is 0 Å². The average molecular weight is 426 g/mol. The summed E-state index contributed by atoms with van der Waals surface area (Å²) in [6.45, 7) is 0. The van der Waals surface area contributed by atoms with Crippen LogP contribution in [0.5, 0.6) is 0 Å². The van der Waals surface area contributed by atoms with Crippen LogP contribution in [0.1, 0.15) is 0 Å². The predicted octanol–water partition coefficient (Wildman–Crippen LogP) is 4.13. The fourth-order valence-corrected chi connectivity index (χ4v) is 1.10. The largest absolute Gasteiger partial charge is 0.460 e. The van der Waals surface area contributed by atoms with Gasteiger partial charge < -0.3 is 0 Å². The zero-order valence-corrected chi connectivity index (χ0v) is 11.1. The fraction of sp³-hybridized carbons (Fsp3) is 0.778. The van der Waals surface area contributed by atoms with Gasteiger partial charge in [0.1, 0.15) is 0 Å². The van der Waals surface area contributed by atoms with Crippen molar-refractivity contribution in [3.05, 3.63) is 0 Å². The molecule has 0 unspecified atom stereocenters. The maximum absolute atomic E-state index is 13.0. The van der Waals surface area contributed by atoms with E-state index in [1.54, 1.807) is 0 Å². The molecule has 0 spiro atoms. The monoisotopic (exact) mass is 426 g/mol. The molecule has 0 amide bonds. The van der Waals surface area contributed by atoms with Crippen LogP contribution in [-0.2, 0) is 9.59 Å². The van der Waals surface area contributed by atoms with Crippen molar-refractivity contribution in [1.29, 1.82) is 0 Å². The topological polar surface area (TPSA) is 34.1 Å². The Hall–Kier alpha value is -1.71. The van der Waals surface area contributed by atoms with Gasteiger partial charge in [-0.15, -0.1) is 0 Å². The van der Waals surface area contributed by atoms with Gasteiger partial charge in [-0.2, -0.15) is 61.5 Å². The first kappa shape index (κ1) is 24.3. The first-order chi connectivity index (χ1) is 11.0. The molecule has 0 radical (unpaired) electrons. The zero-order chi connectivity index (χ0) is 21.7. The van der Waals surface area contributed by atoms with E-state index in [1.165, 1.54) is 0 Å². The molecule has 0 aromatic heterocycles. The molecule has 26 heavy (non-hydrogen) atoms.